The summed E-state index contributed by atoms with van der Waals surface area (Å²) in [7, 11) is 1.65. The highest BCUT2D eigenvalue weighted by molar-refractivity contribution is 7.10. The highest BCUT2D eigenvalue weighted by Crippen LogP contribution is 2.36. The van der Waals surface area contributed by atoms with Crippen molar-refractivity contribution < 1.29 is 9.84 Å². The number of hydrogen-bond donors (Lipinski definition) is 1. The molecule has 96 valence electrons. The van der Waals surface area contributed by atoms with E-state index in [1.807, 2.05) is 31.4 Å². The Morgan fingerprint density at radius 3 is 2.56 bits per heavy atom. The quantitative estimate of drug-likeness (QED) is 0.918. The maximum absolute atomic E-state index is 10.4. The summed E-state index contributed by atoms with van der Waals surface area (Å²) in [4.78, 5) is 0.782. The molecule has 2 aromatic rings. The van der Waals surface area contributed by atoms with Crippen LogP contribution in [0.15, 0.2) is 23.6 Å². The summed E-state index contributed by atoms with van der Waals surface area (Å²) in [5.41, 5.74) is 2.87. The van der Waals surface area contributed by atoms with Gasteiger partial charge in [0.05, 0.1) is 17.0 Å². The van der Waals surface area contributed by atoms with Crippen LogP contribution in [0.2, 0.25) is 5.02 Å². The second kappa shape index (κ2) is 5.31. The summed E-state index contributed by atoms with van der Waals surface area (Å²) in [6, 6.07) is 5.70. The van der Waals surface area contributed by atoms with Crippen molar-refractivity contribution in [2.24, 2.45) is 0 Å². The minimum absolute atomic E-state index is 0.611. The third-order valence-electron chi connectivity index (χ3n) is 2.97. The average Bonchev–Trinajstić information content (AvgIpc) is 2.77. The summed E-state index contributed by atoms with van der Waals surface area (Å²) >= 11 is 7.52. The molecule has 1 heterocycles. The number of halogens is 1. The predicted octanol–water partition coefficient (Wildman–Crippen LogP) is 4.11. The Balaban J connectivity index is 2.46. The highest BCUT2D eigenvalue weighted by Gasteiger charge is 2.18. The van der Waals surface area contributed by atoms with Gasteiger partial charge in [0.2, 0.25) is 0 Å². The number of aliphatic hydroxyl groups is 1. The lowest BCUT2D eigenvalue weighted by Gasteiger charge is -2.16. The highest BCUT2D eigenvalue weighted by atomic mass is 35.5. The van der Waals surface area contributed by atoms with Crippen LogP contribution >= 0.6 is 22.9 Å². The van der Waals surface area contributed by atoms with E-state index < -0.39 is 6.10 Å². The Bertz CT molecular complexity index is 563. The lowest BCUT2D eigenvalue weighted by molar-refractivity contribution is 0.223. The van der Waals surface area contributed by atoms with Crippen LogP contribution in [0.25, 0.3) is 0 Å². The molecule has 2 rings (SSSR count). The van der Waals surface area contributed by atoms with E-state index in [-0.39, 0.29) is 0 Å². The summed E-state index contributed by atoms with van der Waals surface area (Å²) < 4.78 is 5.27. The van der Waals surface area contributed by atoms with Crippen molar-refractivity contribution in [1.82, 2.24) is 0 Å². The van der Waals surface area contributed by atoms with Crippen molar-refractivity contribution in [1.29, 1.82) is 0 Å². The number of aryl methyl sites for hydroxylation is 2. The Hall–Kier alpha value is -1.03. The van der Waals surface area contributed by atoms with E-state index in [1.54, 1.807) is 13.2 Å². The predicted molar refractivity (Wildman–Crippen MR) is 75.9 cm³/mol. The van der Waals surface area contributed by atoms with Crippen molar-refractivity contribution in [2.75, 3.05) is 7.11 Å². The first kappa shape index (κ1) is 13.4. The Morgan fingerprint density at radius 2 is 2.00 bits per heavy atom. The fraction of sp³-hybridized carbons (Fsp3) is 0.286. The fourth-order valence-electron chi connectivity index (χ4n) is 1.97. The van der Waals surface area contributed by atoms with Crippen LogP contribution < -0.4 is 4.74 Å². The van der Waals surface area contributed by atoms with Gasteiger partial charge in [-0.05, 0) is 54.1 Å². The molecule has 0 bridgehead atoms. The van der Waals surface area contributed by atoms with Gasteiger partial charge in [-0.1, -0.05) is 11.6 Å². The maximum Gasteiger partial charge on any atom is 0.122 e. The van der Waals surface area contributed by atoms with E-state index in [2.05, 4.69) is 0 Å². The molecule has 0 amide bonds. The first-order valence-electron chi connectivity index (χ1n) is 5.60. The molecule has 0 saturated heterocycles. The summed E-state index contributed by atoms with van der Waals surface area (Å²) in [6.45, 7) is 3.92. The Morgan fingerprint density at radius 1 is 1.28 bits per heavy atom. The molecule has 0 aliphatic heterocycles. The summed E-state index contributed by atoms with van der Waals surface area (Å²) in [5.74, 6) is 0.834. The smallest absolute Gasteiger partial charge is 0.122 e. The van der Waals surface area contributed by atoms with Crippen molar-refractivity contribution in [2.45, 2.75) is 20.0 Å². The lowest BCUT2D eigenvalue weighted by atomic mass is 9.99. The van der Waals surface area contributed by atoms with E-state index in [4.69, 9.17) is 16.3 Å². The number of methoxy groups -OCH3 is 1. The standard InChI is InChI=1S/C14H15ClO2S/c1-8-7-12(17-3)9(2)6-10(8)13(16)14-11(15)4-5-18-14/h4-7,13,16H,1-3H3. The molecule has 4 heteroatoms. The van der Waals surface area contributed by atoms with Crippen molar-refractivity contribution in [3.05, 3.63) is 50.2 Å². The molecule has 0 aliphatic rings. The molecule has 0 fully saturated rings. The monoisotopic (exact) mass is 282 g/mol. The normalized spacial score (nSPS) is 12.5. The number of hydrogen-bond acceptors (Lipinski definition) is 3. The summed E-state index contributed by atoms with van der Waals surface area (Å²) in [5, 5.41) is 12.9. The van der Waals surface area contributed by atoms with Gasteiger partial charge in [-0.2, -0.15) is 0 Å². The van der Waals surface area contributed by atoms with Crippen molar-refractivity contribution in [3.8, 4) is 5.75 Å². The van der Waals surface area contributed by atoms with E-state index in [0.717, 1.165) is 27.3 Å². The molecule has 0 spiro atoms. The molecule has 1 N–H and O–H groups in total. The molecule has 1 aromatic heterocycles. The number of thiophene rings is 1. The molecule has 1 atom stereocenters. The number of aliphatic hydroxyl groups excluding tert-OH is 1. The van der Waals surface area contributed by atoms with Gasteiger partial charge >= 0.3 is 0 Å². The largest absolute Gasteiger partial charge is 0.496 e. The fourth-order valence-corrected chi connectivity index (χ4v) is 3.13. The van der Waals surface area contributed by atoms with Crippen LogP contribution in [0, 0.1) is 13.8 Å². The molecule has 1 unspecified atom stereocenters. The third-order valence-corrected chi connectivity index (χ3v) is 4.38. The molecular weight excluding hydrogens is 268 g/mol. The first-order chi connectivity index (χ1) is 8.54. The van der Waals surface area contributed by atoms with Crippen molar-refractivity contribution in [3.63, 3.8) is 0 Å². The van der Waals surface area contributed by atoms with Crippen LogP contribution in [-0.2, 0) is 0 Å². The molecule has 0 saturated carbocycles. The van der Waals surface area contributed by atoms with Crippen molar-refractivity contribution >= 4 is 22.9 Å². The van der Waals surface area contributed by atoms with Crippen LogP contribution in [-0.4, -0.2) is 12.2 Å². The average molecular weight is 283 g/mol. The zero-order valence-corrected chi connectivity index (χ0v) is 12.1. The minimum Gasteiger partial charge on any atom is -0.496 e. The van der Waals surface area contributed by atoms with E-state index in [1.165, 1.54) is 11.3 Å². The molecule has 2 nitrogen and oxygen atoms in total. The van der Waals surface area contributed by atoms with Gasteiger partial charge in [-0.3, -0.25) is 0 Å². The van der Waals surface area contributed by atoms with E-state index in [9.17, 15) is 5.11 Å². The Labute approximate surface area is 116 Å². The summed E-state index contributed by atoms with van der Waals surface area (Å²) in [6.07, 6.45) is -0.679. The van der Waals surface area contributed by atoms with Crippen LogP contribution in [0.3, 0.4) is 0 Å². The van der Waals surface area contributed by atoms with Gasteiger partial charge in [-0.25, -0.2) is 0 Å². The van der Waals surface area contributed by atoms with E-state index >= 15 is 0 Å². The van der Waals surface area contributed by atoms with Gasteiger partial charge in [0, 0.05) is 0 Å². The number of ether oxygens (including phenoxy) is 1. The molecular formula is C14H15ClO2S. The van der Waals surface area contributed by atoms with Crippen LogP contribution in [0.5, 0.6) is 5.75 Å². The molecule has 0 radical (unpaired) electrons. The zero-order chi connectivity index (χ0) is 13.3. The third kappa shape index (κ3) is 2.39. The van der Waals surface area contributed by atoms with Gasteiger partial charge in [-0.15, -0.1) is 11.3 Å². The van der Waals surface area contributed by atoms with Crippen LogP contribution in [0.4, 0.5) is 0 Å². The zero-order valence-electron chi connectivity index (χ0n) is 10.5. The topological polar surface area (TPSA) is 29.5 Å². The minimum atomic E-state index is -0.679. The number of rotatable bonds is 3. The van der Waals surface area contributed by atoms with Gasteiger partial charge in [0.15, 0.2) is 0 Å². The SMILES string of the molecule is COc1cc(C)c(C(O)c2sccc2Cl)cc1C. The van der Waals surface area contributed by atoms with Gasteiger partial charge in [0.25, 0.3) is 0 Å². The van der Waals surface area contributed by atoms with Gasteiger partial charge < -0.3 is 9.84 Å². The lowest BCUT2D eigenvalue weighted by Crippen LogP contribution is -2.02. The molecule has 18 heavy (non-hydrogen) atoms. The van der Waals surface area contributed by atoms with E-state index in [0.29, 0.717) is 5.02 Å². The maximum atomic E-state index is 10.4. The van der Waals surface area contributed by atoms with Crippen LogP contribution in [0.1, 0.15) is 27.7 Å². The Kier molecular flexibility index (Phi) is 3.95. The second-order valence-electron chi connectivity index (χ2n) is 4.21. The second-order valence-corrected chi connectivity index (χ2v) is 5.57. The first-order valence-corrected chi connectivity index (χ1v) is 6.86. The number of benzene rings is 1. The van der Waals surface area contributed by atoms with Gasteiger partial charge in [0.1, 0.15) is 11.9 Å². The molecule has 1 aromatic carbocycles. The molecule has 0 aliphatic carbocycles.